The third-order valence-electron chi connectivity index (χ3n) is 3.81. The largest absolute Gasteiger partial charge is 0.453 e. The minimum absolute atomic E-state index is 0.214. The van der Waals surface area contributed by atoms with Crippen LogP contribution in [0.5, 0.6) is 0 Å². The number of benzene rings is 2. The summed E-state index contributed by atoms with van der Waals surface area (Å²) >= 11 is 0. The Labute approximate surface area is 155 Å². The van der Waals surface area contributed by atoms with Crippen LogP contribution in [-0.4, -0.2) is 13.6 Å². The first-order valence-electron chi connectivity index (χ1n) is 7.55. The van der Waals surface area contributed by atoms with E-state index in [0.717, 1.165) is 0 Å². The maximum absolute atomic E-state index is 14.2. The molecule has 0 aliphatic carbocycles. The van der Waals surface area contributed by atoms with Crippen molar-refractivity contribution in [3.05, 3.63) is 59.4 Å². The van der Waals surface area contributed by atoms with Gasteiger partial charge in [-0.2, -0.15) is 13.2 Å². The van der Waals surface area contributed by atoms with Crippen molar-refractivity contribution in [3.8, 4) is 22.4 Å². The Bertz CT molecular complexity index is 1150. The van der Waals surface area contributed by atoms with Gasteiger partial charge >= 0.3 is 6.18 Å². The molecule has 0 unspecified atom stereocenters. The minimum Gasteiger partial charge on any atom is -0.350 e. The van der Waals surface area contributed by atoms with E-state index in [1.165, 1.54) is 12.1 Å². The van der Waals surface area contributed by atoms with Crippen LogP contribution >= 0.6 is 0 Å². The van der Waals surface area contributed by atoms with Gasteiger partial charge in [-0.15, -0.1) is 0 Å². The number of hydrogen-bond acceptors (Lipinski definition) is 4. The highest BCUT2D eigenvalue weighted by atomic mass is 32.2. The average Bonchev–Trinajstić information content (AvgIpc) is 2.97. The zero-order chi connectivity index (χ0) is 20.9. The molecule has 148 valence electrons. The molecule has 3 aromatic rings. The number of sulfonamides is 1. The molecule has 0 bridgehead atoms. The van der Waals surface area contributed by atoms with Crippen molar-refractivity contribution in [2.75, 3.05) is 0 Å². The van der Waals surface area contributed by atoms with Crippen molar-refractivity contribution in [2.45, 2.75) is 18.0 Å². The van der Waals surface area contributed by atoms with Crippen LogP contribution in [0.3, 0.4) is 0 Å². The molecule has 1 heterocycles. The Morgan fingerprint density at radius 2 is 1.64 bits per heavy atom. The van der Waals surface area contributed by atoms with Gasteiger partial charge in [0.1, 0.15) is 17.3 Å². The Kier molecular flexibility index (Phi) is 4.76. The van der Waals surface area contributed by atoms with Crippen LogP contribution in [0, 0.1) is 18.6 Å². The Morgan fingerprint density at radius 1 is 1.04 bits per heavy atom. The highest BCUT2D eigenvalue weighted by Gasteiger charge is 2.41. The Balaban J connectivity index is 2.34. The third kappa shape index (κ3) is 3.62. The third-order valence-corrected chi connectivity index (χ3v) is 4.77. The summed E-state index contributed by atoms with van der Waals surface area (Å²) in [5.41, 5.74) is -0.727. The van der Waals surface area contributed by atoms with Gasteiger partial charge in [0.25, 0.3) is 0 Å². The molecule has 11 heteroatoms. The lowest BCUT2D eigenvalue weighted by Gasteiger charge is -2.10. The molecular weight excluding hydrogens is 407 g/mol. The molecule has 0 atom stereocenters. The summed E-state index contributed by atoms with van der Waals surface area (Å²) in [4.78, 5) is -1.45. The molecular formula is C17H11F5N2O3S. The van der Waals surface area contributed by atoms with Crippen LogP contribution in [-0.2, 0) is 16.2 Å². The molecule has 0 saturated heterocycles. The monoisotopic (exact) mass is 418 g/mol. The van der Waals surface area contributed by atoms with E-state index in [1.54, 1.807) is 19.1 Å². The van der Waals surface area contributed by atoms with E-state index in [9.17, 15) is 30.4 Å². The first-order chi connectivity index (χ1) is 12.9. The fourth-order valence-electron chi connectivity index (χ4n) is 2.72. The lowest BCUT2D eigenvalue weighted by atomic mass is 9.98. The molecule has 0 saturated carbocycles. The van der Waals surface area contributed by atoms with Crippen LogP contribution in [0.1, 0.15) is 11.3 Å². The first-order valence-corrected chi connectivity index (χ1v) is 9.10. The molecule has 2 aromatic carbocycles. The second-order valence-electron chi connectivity index (χ2n) is 5.92. The van der Waals surface area contributed by atoms with E-state index in [-0.39, 0.29) is 11.3 Å². The summed E-state index contributed by atoms with van der Waals surface area (Å²) in [6, 6.07) is 7.07. The fraction of sp³-hybridized carbons (Fsp3) is 0.118. The van der Waals surface area contributed by atoms with Crippen LogP contribution in [0.4, 0.5) is 22.0 Å². The summed E-state index contributed by atoms with van der Waals surface area (Å²) in [6.07, 6.45) is -5.02. The summed E-state index contributed by atoms with van der Waals surface area (Å²) in [5, 5.41) is 8.16. The van der Waals surface area contributed by atoms with Gasteiger partial charge in [0.15, 0.2) is 4.90 Å². The topological polar surface area (TPSA) is 86.2 Å². The van der Waals surface area contributed by atoms with E-state index in [2.05, 4.69) is 9.68 Å². The van der Waals surface area contributed by atoms with E-state index in [1.807, 2.05) is 0 Å². The molecule has 0 fully saturated rings. The van der Waals surface area contributed by atoms with Gasteiger partial charge in [0, 0.05) is 5.56 Å². The number of rotatable bonds is 3. The molecule has 0 aliphatic rings. The Hall–Kier alpha value is -2.79. The molecule has 0 aliphatic heterocycles. The summed E-state index contributed by atoms with van der Waals surface area (Å²) in [7, 11) is -4.77. The number of primary sulfonamides is 1. The number of nitrogens with zero attached hydrogens (tertiary/aromatic N) is 1. The number of halogens is 5. The van der Waals surface area contributed by atoms with Crippen molar-refractivity contribution in [1.82, 2.24) is 5.16 Å². The van der Waals surface area contributed by atoms with Crippen LogP contribution in [0.25, 0.3) is 22.4 Å². The minimum atomic E-state index is -5.02. The lowest BCUT2D eigenvalue weighted by Crippen LogP contribution is -2.16. The van der Waals surface area contributed by atoms with Crippen molar-refractivity contribution in [1.29, 1.82) is 0 Å². The molecule has 3 rings (SSSR count). The molecule has 0 spiro atoms. The molecule has 0 radical (unpaired) electrons. The zero-order valence-corrected chi connectivity index (χ0v) is 14.8. The summed E-state index contributed by atoms with van der Waals surface area (Å²) < 4.78 is 95.6. The van der Waals surface area contributed by atoms with Gasteiger partial charge in [-0.05, 0) is 30.7 Å². The molecule has 0 amide bonds. The second kappa shape index (κ2) is 6.67. The van der Waals surface area contributed by atoms with Crippen molar-refractivity contribution >= 4 is 10.0 Å². The number of alkyl halides is 3. The summed E-state index contributed by atoms with van der Waals surface area (Å²) in [6.45, 7) is 1.69. The van der Waals surface area contributed by atoms with E-state index in [0.29, 0.717) is 17.7 Å². The lowest BCUT2D eigenvalue weighted by molar-refractivity contribution is -0.154. The van der Waals surface area contributed by atoms with Gasteiger partial charge in [-0.3, -0.25) is 0 Å². The SMILES string of the molecule is Cc1cccc(-c2noc(C(F)(F)F)c2-c2cc(F)c(S(N)(=O)=O)c(F)c2)c1. The van der Waals surface area contributed by atoms with Gasteiger partial charge in [-0.1, -0.05) is 28.9 Å². The van der Waals surface area contributed by atoms with Crippen molar-refractivity contribution < 1.29 is 34.9 Å². The predicted octanol–water partition coefficient (Wildman–Crippen LogP) is 4.26. The van der Waals surface area contributed by atoms with Gasteiger partial charge in [0.2, 0.25) is 15.8 Å². The number of hydrogen-bond donors (Lipinski definition) is 1. The standard InChI is InChI=1S/C17H11F5N2O3S/c1-8-3-2-4-9(5-8)14-13(16(27-24-14)17(20,21)22)10-6-11(18)15(12(19)7-10)28(23,25)26/h2-7H,1H3,(H2,23,25,26). The van der Waals surface area contributed by atoms with Crippen LogP contribution in [0.2, 0.25) is 0 Å². The quantitative estimate of drug-likeness (QED) is 0.644. The van der Waals surface area contributed by atoms with Gasteiger partial charge in [-0.25, -0.2) is 22.3 Å². The highest BCUT2D eigenvalue weighted by molar-refractivity contribution is 7.89. The predicted molar refractivity (Wildman–Crippen MR) is 88.4 cm³/mol. The van der Waals surface area contributed by atoms with Gasteiger partial charge in [0.05, 0.1) is 5.56 Å². The smallest absolute Gasteiger partial charge is 0.350 e. The maximum Gasteiger partial charge on any atom is 0.453 e. The second-order valence-corrected chi connectivity index (χ2v) is 7.41. The molecule has 2 N–H and O–H groups in total. The Morgan fingerprint density at radius 3 is 2.14 bits per heavy atom. The van der Waals surface area contributed by atoms with Crippen LogP contribution in [0.15, 0.2) is 45.8 Å². The zero-order valence-electron chi connectivity index (χ0n) is 14.0. The normalized spacial score (nSPS) is 12.4. The fourth-order valence-corrected chi connectivity index (χ4v) is 3.38. The van der Waals surface area contributed by atoms with Crippen LogP contribution < -0.4 is 5.14 Å². The number of aryl methyl sites for hydroxylation is 1. The number of aromatic nitrogens is 1. The molecule has 5 nitrogen and oxygen atoms in total. The summed E-state index contributed by atoms with van der Waals surface area (Å²) in [5.74, 6) is -4.85. The van der Waals surface area contributed by atoms with Crippen molar-refractivity contribution in [3.63, 3.8) is 0 Å². The van der Waals surface area contributed by atoms with Crippen molar-refractivity contribution in [2.24, 2.45) is 5.14 Å². The van der Waals surface area contributed by atoms with E-state index < -0.39 is 49.6 Å². The van der Waals surface area contributed by atoms with E-state index >= 15 is 0 Å². The molecule has 28 heavy (non-hydrogen) atoms. The van der Waals surface area contributed by atoms with Gasteiger partial charge < -0.3 is 4.52 Å². The average molecular weight is 418 g/mol. The van der Waals surface area contributed by atoms with E-state index in [4.69, 9.17) is 5.14 Å². The highest BCUT2D eigenvalue weighted by Crippen LogP contribution is 2.43. The maximum atomic E-state index is 14.2. The molecule has 1 aromatic heterocycles. The number of nitrogens with two attached hydrogens (primary N) is 1. The first kappa shape index (κ1) is 20.0.